The monoisotopic (exact) mass is 270 g/mol. The van der Waals surface area contributed by atoms with Crippen LogP contribution in [0.3, 0.4) is 0 Å². The zero-order valence-corrected chi connectivity index (χ0v) is 12.3. The second-order valence-electron chi connectivity index (χ2n) is 5.93. The first-order valence-electron chi connectivity index (χ1n) is 7.54. The van der Waals surface area contributed by atoms with E-state index in [0.29, 0.717) is 5.41 Å². The van der Waals surface area contributed by atoms with Gasteiger partial charge in [0.25, 0.3) is 5.91 Å². The maximum Gasteiger partial charge on any atom is 0.254 e. The molecule has 1 N–H and O–H groups in total. The van der Waals surface area contributed by atoms with Gasteiger partial charge in [0.1, 0.15) is 0 Å². The van der Waals surface area contributed by atoms with E-state index < -0.39 is 0 Å². The van der Waals surface area contributed by atoms with E-state index in [4.69, 9.17) is 0 Å². The number of rotatable bonds is 3. The second-order valence-corrected chi connectivity index (χ2v) is 5.93. The molecule has 0 saturated carbocycles. The Hall–Kier alpha value is -1.77. The Morgan fingerprint density at radius 3 is 2.80 bits per heavy atom. The number of aromatic nitrogens is 1. The Morgan fingerprint density at radius 1 is 1.30 bits per heavy atom. The topological polar surface area (TPSA) is 36.1 Å². The minimum atomic E-state index is 0.180. The minimum absolute atomic E-state index is 0.180. The third kappa shape index (κ3) is 2.01. The highest BCUT2D eigenvalue weighted by atomic mass is 16.2. The number of hydrogen-bond acceptors (Lipinski definition) is 1. The van der Waals surface area contributed by atoms with E-state index in [-0.39, 0.29) is 5.91 Å². The number of amides is 1. The van der Waals surface area contributed by atoms with Crippen molar-refractivity contribution in [2.24, 2.45) is 5.41 Å². The molecule has 1 aromatic carbocycles. The van der Waals surface area contributed by atoms with Gasteiger partial charge in [-0.1, -0.05) is 19.9 Å². The van der Waals surface area contributed by atoms with Crippen LogP contribution in [-0.2, 0) is 0 Å². The zero-order valence-electron chi connectivity index (χ0n) is 12.3. The molecule has 1 aromatic heterocycles. The Bertz CT molecular complexity index is 625. The van der Waals surface area contributed by atoms with Gasteiger partial charge in [-0.05, 0) is 42.9 Å². The molecule has 3 heteroatoms. The summed E-state index contributed by atoms with van der Waals surface area (Å²) >= 11 is 0. The lowest BCUT2D eigenvalue weighted by atomic mass is 9.82. The molecule has 0 spiro atoms. The Balaban J connectivity index is 1.89. The summed E-state index contributed by atoms with van der Waals surface area (Å²) < 4.78 is 0. The van der Waals surface area contributed by atoms with Gasteiger partial charge in [0.15, 0.2) is 0 Å². The number of benzene rings is 1. The normalized spacial score (nSPS) is 17.8. The largest absolute Gasteiger partial charge is 0.361 e. The molecule has 3 nitrogen and oxygen atoms in total. The molecule has 0 aliphatic carbocycles. The zero-order chi connectivity index (χ0) is 14.2. The quantitative estimate of drug-likeness (QED) is 0.904. The number of nitrogens with one attached hydrogen (secondary N) is 1. The molecule has 1 amide bonds. The molecular weight excluding hydrogens is 248 g/mol. The van der Waals surface area contributed by atoms with Crippen molar-refractivity contribution in [1.82, 2.24) is 9.88 Å². The maximum atomic E-state index is 12.8. The van der Waals surface area contributed by atoms with Crippen molar-refractivity contribution in [2.45, 2.75) is 33.1 Å². The summed E-state index contributed by atoms with van der Waals surface area (Å²) in [5.41, 5.74) is 2.20. The molecular formula is C17H22N2O. The van der Waals surface area contributed by atoms with Crippen LogP contribution >= 0.6 is 0 Å². The van der Waals surface area contributed by atoms with Crippen molar-refractivity contribution in [3.63, 3.8) is 0 Å². The number of H-pyrrole nitrogens is 1. The van der Waals surface area contributed by atoms with Crippen LogP contribution in [0.25, 0.3) is 10.9 Å². The maximum absolute atomic E-state index is 12.8. The molecule has 2 aromatic rings. The molecule has 0 unspecified atom stereocenters. The van der Waals surface area contributed by atoms with Crippen LogP contribution in [0, 0.1) is 5.41 Å². The molecule has 1 aliphatic heterocycles. The van der Waals surface area contributed by atoms with Crippen LogP contribution in [0.2, 0.25) is 0 Å². The second kappa shape index (κ2) is 4.97. The first-order chi connectivity index (χ1) is 9.69. The van der Waals surface area contributed by atoms with Gasteiger partial charge >= 0.3 is 0 Å². The van der Waals surface area contributed by atoms with Gasteiger partial charge in [-0.15, -0.1) is 0 Å². The van der Waals surface area contributed by atoms with Gasteiger partial charge in [0.05, 0.1) is 0 Å². The summed E-state index contributed by atoms with van der Waals surface area (Å²) in [4.78, 5) is 18.0. The van der Waals surface area contributed by atoms with Crippen LogP contribution in [0.1, 0.15) is 43.5 Å². The van der Waals surface area contributed by atoms with Crippen molar-refractivity contribution in [1.29, 1.82) is 0 Å². The van der Waals surface area contributed by atoms with Crippen LogP contribution < -0.4 is 0 Å². The fourth-order valence-corrected chi connectivity index (χ4v) is 3.38. The summed E-state index contributed by atoms with van der Waals surface area (Å²) in [6, 6.07) is 7.90. The smallest absolute Gasteiger partial charge is 0.254 e. The molecule has 1 fully saturated rings. The van der Waals surface area contributed by atoms with E-state index in [2.05, 4.69) is 18.8 Å². The highest BCUT2D eigenvalue weighted by Gasteiger charge is 2.37. The van der Waals surface area contributed by atoms with E-state index in [0.717, 1.165) is 48.8 Å². The lowest BCUT2D eigenvalue weighted by Crippen LogP contribution is -2.31. The predicted octanol–water partition coefficient (Wildman–Crippen LogP) is 3.82. The number of carbonyl (C=O) groups excluding carboxylic acids is 1. The molecule has 3 rings (SSSR count). The highest BCUT2D eigenvalue weighted by molar-refractivity contribution is 6.06. The van der Waals surface area contributed by atoms with Crippen LogP contribution in [0.5, 0.6) is 0 Å². The van der Waals surface area contributed by atoms with Gasteiger partial charge in [-0.25, -0.2) is 0 Å². The summed E-state index contributed by atoms with van der Waals surface area (Å²) in [5, 5.41) is 1.03. The summed E-state index contributed by atoms with van der Waals surface area (Å²) in [6.45, 7) is 6.27. The molecule has 0 bridgehead atoms. The predicted molar refractivity (Wildman–Crippen MR) is 81.8 cm³/mol. The lowest BCUT2D eigenvalue weighted by Gasteiger charge is -2.26. The highest BCUT2D eigenvalue weighted by Crippen LogP contribution is 2.37. The average Bonchev–Trinajstić information content (AvgIpc) is 3.13. The van der Waals surface area contributed by atoms with E-state index in [1.54, 1.807) is 0 Å². The molecule has 106 valence electrons. The molecule has 2 heterocycles. The van der Waals surface area contributed by atoms with Gasteiger partial charge in [-0.3, -0.25) is 4.79 Å². The fourth-order valence-electron chi connectivity index (χ4n) is 3.38. The summed E-state index contributed by atoms with van der Waals surface area (Å²) in [5.74, 6) is 0.180. The first-order valence-corrected chi connectivity index (χ1v) is 7.54. The summed E-state index contributed by atoms with van der Waals surface area (Å²) in [7, 11) is 0. The molecule has 1 saturated heterocycles. The molecule has 0 atom stereocenters. The number of nitrogens with zero attached hydrogens (tertiary/aromatic N) is 1. The third-order valence-corrected chi connectivity index (χ3v) is 5.05. The number of aromatic amines is 1. The van der Waals surface area contributed by atoms with Crippen LogP contribution in [-0.4, -0.2) is 28.9 Å². The Labute approximate surface area is 120 Å². The third-order valence-electron chi connectivity index (χ3n) is 5.05. The minimum Gasteiger partial charge on any atom is -0.361 e. The molecule has 1 aliphatic rings. The fraction of sp³-hybridized carbons (Fsp3) is 0.471. The molecule has 0 radical (unpaired) electrons. The van der Waals surface area contributed by atoms with Crippen molar-refractivity contribution in [3.05, 3.63) is 36.0 Å². The molecule has 20 heavy (non-hydrogen) atoms. The van der Waals surface area contributed by atoms with E-state index >= 15 is 0 Å². The van der Waals surface area contributed by atoms with Crippen molar-refractivity contribution >= 4 is 16.8 Å². The summed E-state index contributed by atoms with van der Waals surface area (Å²) in [6.07, 6.45) is 5.34. The van der Waals surface area contributed by atoms with Crippen molar-refractivity contribution in [3.8, 4) is 0 Å². The average molecular weight is 270 g/mol. The number of likely N-dealkylation sites (tertiary alicyclic amines) is 1. The van der Waals surface area contributed by atoms with E-state index in [9.17, 15) is 4.79 Å². The van der Waals surface area contributed by atoms with E-state index in [1.165, 1.54) is 0 Å². The standard InChI is InChI=1S/C17H22N2O/c1-3-17(4-2)9-11-19(12-17)16(20)14-6-5-7-15-13(14)8-10-18-15/h5-8,10,18H,3-4,9,11-12H2,1-2H3. The number of hydrogen-bond donors (Lipinski definition) is 1. The Kier molecular flexibility index (Phi) is 3.28. The van der Waals surface area contributed by atoms with Gasteiger partial charge in [0.2, 0.25) is 0 Å². The number of fused-ring (bicyclic) bond motifs is 1. The number of carbonyl (C=O) groups is 1. The van der Waals surface area contributed by atoms with Gasteiger partial charge < -0.3 is 9.88 Å². The SMILES string of the molecule is CCC1(CC)CCN(C(=O)c2cccc3[nH]ccc23)C1. The van der Waals surface area contributed by atoms with E-state index in [1.807, 2.05) is 35.4 Å². The van der Waals surface area contributed by atoms with Crippen molar-refractivity contribution in [2.75, 3.05) is 13.1 Å². The van der Waals surface area contributed by atoms with Crippen LogP contribution in [0.15, 0.2) is 30.5 Å². The van der Waals surface area contributed by atoms with Crippen molar-refractivity contribution < 1.29 is 4.79 Å². The lowest BCUT2D eigenvalue weighted by molar-refractivity contribution is 0.0772. The first kappa shape index (κ1) is 13.2. The van der Waals surface area contributed by atoms with Gasteiger partial charge in [0, 0.05) is 35.8 Å². The Morgan fingerprint density at radius 2 is 2.10 bits per heavy atom. The van der Waals surface area contributed by atoms with Gasteiger partial charge in [-0.2, -0.15) is 0 Å². The van der Waals surface area contributed by atoms with Crippen LogP contribution in [0.4, 0.5) is 0 Å².